The second-order valence-electron chi connectivity index (χ2n) is 6.50. The molecule has 1 aliphatic heterocycles. The maximum absolute atomic E-state index is 6.34. The standard InChI is InChI=1S/C16H24ClN3/c1-11(2)14-15(17)18-10-19-16(14)20-9-5-7-12-6-3-4-8-13(12)20/h10-13H,3-9H2,1-2H3. The molecule has 0 amide bonds. The number of nitrogens with zero attached hydrogens (tertiary/aromatic N) is 3. The molecule has 2 atom stereocenters. The minimum atomic E-state index is 0.364. The molecule has 2 unspecified atom stereocenters. The van der Waals surface area contributed by atoms with Gasteiger partial charge in [-0.05, 0) is 37.5 Å². The first kappa shape index (κ1) is 14.1. The molecule has 0 N–H and O–H groups in total. The summed E-state index contributed by atoms with van der Waals surface area (Å²) in [6, 6.07) is 0.668. The minimum Gasteiger partial charge on any atom is -0.353 e. The first-order valence-corrected chi connectivity index (χ1v) is 8.33. The van der Waals surface area contributed by atoms with Crippen LogP contribution in [-0.4, -0.2) is 22.6 Å². The topological polar surface area (TPSA) is 29.0 Å². The fourth-order valence-electron chi connectivity index (χ4n) is 3.98. The van der Waals surface area contributed by atoms with E-state index in [1.807, 2.05) is 0 Å². The summed E-state index contributed by atoms with van der Waals surface area (Å²) in [7, 11) is 0. The maximum atomic E-state index is 6.34. The van der Waals surface area contributed by atoms with E-state index in [-0.39, 0.29) is 0 Å². The Morgan fingerprint density at radius 3 is 2.70 bits per heavy atom. The average molecular weight is 294 g/mol. The lowest BCUT2D eigenvalue weighted by Gasteiger charge is -2.45. The van der Waals surface area contributed by atoms with Gasteiger partial charge < -0.3 is 4.90 Å². The SMILES string of the molecule is CC(C)c1c(Cl)ncnc1N1CCCC2CCCCC21. The first-order chi connectivity index (χ1) is 9.68. The predicted octanol–water partition coefficient (Wildman–Crippen LogP) is 4.41. The Kier molecular flexibility index (Phi) is 4.16. The Bertz CT molecular complexity index is 473. The largest absolute Gasteiger partial charge is 0.353 e. The zero-order valence-corrected chi connectivity index (χ0v) is 13.2. The van der Waals surface area contributed by atoms with Crippen molar-refractivity contribution in [2.24, 2.45) is 5.92 Å². The van der Waals surface area contributed by atoms with Crippen LogP contribution in [0.1, 0.15) is 63.9 Å². The summed E-state index contributed by atoms with van der Waals surface area (Å²) in [6.07, 6.45) is 9.73. The lowest BCUT2D eigenvalue weighted by atomic mass is 9.78. The molecule has 0 aromatic carbocycles. The molecule has 1 saturated carbocycles. The fraction of sp³-hybridized carbons (Fsp3) is 0.750. The highest BCUT2D eigenvalue weighted by Gasteiger charge is 2.35. The van der Waals surface area contributed by atoms with Gasteiger partial charge in [-0.1, -0.05) is 38.3 Å². The Hall–Kier alpha value is -0.830. The van der Waals surface area contributed by atoms with Gasteiger partial charge in [0.05, 0.1) is 0 Å². The first-order valence-electron chi connectivity index (χ1n) is 7.95. The van der Waals surface area contributed by atoms with E-state index in [9.17, 15) is 0 Å². The molecule has 0 bridgehead atoms. The fourth-order valence-corrected chi connectivity index (χ4v) is 4.32. The van der Waals surface area contributed by atoms with E-state index in [0.717, 1.165) is 23.8 Å². The van der Waals surface area contributed by atoms with Gasteiger partial charge in [0.15, 0.2) is 0 Å². The van der Waals surface area contributed by atoms with Gasteiger partial charge in [-0.25, -0.2) is 9.97 Å². The van der Waals surface area contributed by atoms with Crippen molar-refractivity contribution in [3.05, 3.63) is 17.0 Å². The van der Waals surface area contributed by atoms with Crippen molar-refractivity contribution in [1.82, 2.24) is 9.97 Å². The molecule has 3 nitrogen and oxygen atoms in total. The molecule has 2 heterocycles. The smallest absolute Gasteiger partial charge is 0.138 e. The zero-order valence-electron chi connectivity index (χ0n) is 12.5. The number of hydrogen-bond acceptors (Lipinski definition) is 3. The van der Waals surface area contributed by atoms with Gasteiger partial charge in [-0.15, -0.1) is 0 Å². The number of aromatic nitrogens is 2. The van der Waals surface area contributed by atoms with Crippen LogP contribution in [0.3, 0.4) is 0 Å². The quantitative estimate of drug-likeness (QED) is 0.756. The zero-order chi connectivity index (χ0) is 14.1. The summed E-state index contributed by atoms with van der Waals surface area (Å²) in [5.74, 6) is 2.31. The van der Waals surface area contributed by atoms with Crippen LogP contribution in [0.15, 0.2) is 6.33 Å². The molecule has 20 heavy (non-hydrogen) atoms. The van der Waals surface area contributed by atoms with Gasteiger partial charge in [0.25, 0.3) is 0 Å². The second-order valence-corrected chi connectivity index (χ2v) is 6.86. The van der Waals surface area contributed by atoms with Crippen molar-refractivity contribution in [3.63, 3.8) is 0 Å². The highest BCUT2D eigenvalue weighted by Crippen LogP contribution is 2.40. The van der Waals surface area contributed by atoms with Gasteiger partial charge in [0.1, 0.15) is 17.3 Å². The number of piperidine rings is 1. The maximum Gasteiger partial charge on any atom is 0.138 e. The minimum absolute atomic E-state index is 0.364. The third kappa shape index (κ3) is 2.52. The van der Waals surface area contributed by atoms with Crippen molar-refractivity contribution in [2.45, 2.75) is 64.3 Å². The molecule has 1 aromatic rings. The molecular weight excluding hydrogens is 270 g/mol. The van der Waals surface area contributed by atoms with Crippen molar-refractivity contribution in [1.29, 1.82) is 0 Å². The summed E-state index contributed by atoms with van der Waals surface area (Å²) in [4.78, 5) is 11.3. The van der Waals surface area contributed by atoms with Crippen LogP contribution in [-0.2, 0) is 0 Å². The molecule has 1 aromatic heterocycles. The van der Waals surface area contributed by atoms with Crippen LogP contribution in [0.4, 0.5) is 5.82 Å². The van der Waals surface area contributed by atoms with Crippen LogP contribution in [0.25, 0.3) is 0 Å². The predicted molar refractivity (Wildman–Crippen MR) is 83.5 cm³/mol. The Morgan fingerprint density at radius 1 is 1.15 bits per heavy atom. The molecular formula is C16H24ClN3. The van der Waals surface area contributed by atoms with Gasteiger partial charge in [0.2, 0.25) is 0 Å². The number of anilines is 1. The molecule has 0 spiro atoms. The van der Waals surface area contributed by atoms with Crippen molar-refractivity contribution in [3.8, 4) is 0 Å². The van der Waals surface area contributed by atoms with Crippen molar-refractivity contribution >= 4 is 17.4 Å². The molecule has 2 fully saturated rings. The van der Waals surface area contributed by atoms with Crippen LogP contribution in [0, 0.1) is 5.92 Å². The number of rotatable bonds is 2. The van der Waals surface area contributed by atoms with E-state index in [1.165, 1.54) is 38.5 Å². The molecule has 1 saturated heterocycles. The molecule has 0 radical (unpaired) electrons. The van der Waals surface area contributed by atoms with Gasteiger partial charge in [-0.2, -0.15) is 0 Å². The van der Waals surface area contributed by atoms with E-state index >= 15 is 0 Å². The van der Waals surface area contributed by atoms with E-state index in [4.69, 9.17) is 11.6 Å². The Balaban J connectivity index is 1.97. The Morgan fingerprint density at radius 2 is 1.90 bits per heavy atom. The summed E-state index contributed by atoms with van der Waals surface area (Å²) >= 11 is 6.34. The third-order valence-electron chi connectivity index (χ3n) is 4.91. The summed E-state index contributed by atoms with van der Waals surface area (Å²) < 4.78 is 0. The molecule has 110 valence electrons. The summed E-state index contributed by atoms with van der Waals surface area (Å²) in [5.41, 5.74) is 1.13. The third-order valence-corrected chi connectivity index (χ3v) is 5.21. The van der Waals surface area contributed by atoms with E-state index < -0.39 is 0 Å². The van der Waals surface area contributed by atoms with Gasteiger partial charge in [0, 0.05) is 18.2 Å². The van der Waals surface area contributed by atoms with Crippen molar-refractivity contribution < 1.29 is 0 Å². The number of halogens is 1. The summed E-state index contributed by atoms with van der Waals surface area (Å²) in [6.45, 7) is 5.47. The van der Waals surface area contributed by atoms with Crippen LogP contribution in [0.5, 0.6) is 0 Å². The van der Waals surface area contributed by atoms with Crippen LogP contribution in [0.2, 0.25) is 5.15 Å². The summed E-state index contributed by atoms with van der Waals surface area (Å²) in [5, 5.41) is 0.628. The number of hydrogen-bond donors (Lipinski definition) is 0. The molecule has 4 heteroatoms. The van der Waals surface area contributed by atoms with E-state index in [1.54, 1.807) is 6.33 Å². The van der Waals surface area contributed by atoms with Crippen LogP contribution >= 0.6 is 11.6 Å². The number of fused-ring (bicyclic) bond motifs is 1. The van der Waals surface area contributed by atoms with Gasteiger partial charge >= 0.3 is 0 Å². The second kappa shape index (κ2) is 5.88. The lowest BCUT2D eigenvalue weighted by molar-refractivity contribution is 0.242. The highest BCUT2D eigenvalue weighted by atomic mass is 35.5. The lowest BCUT2D eigenvalue weighted by Crippen LogP contribution is -2.47. The monoisotopic (exact) mass is 293 g/mol. The molecule has 1 aliphatic carbocycles. The van der Waals surface area contributed by atoms with Crippen LogP contribution < -0.4 is 4.90 Å². The molecule has 3 rings (SSSR count). The Labute approximate surface area is 126 Å². The van der Waals surface area contributed by atoms with E-state index in [0.29, 0.717) is 17.1 Å². The van der Waals surface area contributed by atoms with Gasteiger partial charge in [-0.3, -0.25) is 0 Å². The van der Waals surface area contributed by atoms with E-state index in [2.05, 4.69) is 28.7 Å². The molecule has 2 aliphatic rings. The highest BCUT2D eigenvalue weighted by molar-refractivity contribution is 6.30. The van der Waals surface area contributed by atoms with Crippen molar-refractivity contribution in [2.75, 3.05) is 11.4 Å². The average Bonchev–Trinajstić information content (AvgIpc) is 2.46. The normalized spacial score (nSPS) is 26.7.